The number of nitrogens with one attached hydrogen (secondary N) is 1. The molecule has 0 heterocycles. The molecule has 0 atom stereocenters. The fourth-order valence-corrected chi connectivity index (χ4v) is 0.354. The van der Waals surface area contributed by atoms with Crippen LogP contribution in [0.1, 0.15) is 6.92 Å². The Morgan fingerprint density at radius 3 is 2.44 bits per heavy atom. The topological polar surface area (TPSA) is 45.4 Å². The molecule has 0 aliphatic carbocycles. The Balaban J connectivity index is 4.07. The number of hydrogen-bond donors (Lipinski definition) is 1. The summed E-state index contributed by atoms with van der Waals surface area (Å²) < 4.78 is 4.70. The molecule has 0 aromatic carbocycles. The summed E-state index contributed by atoms with van der Waals surface area (Å²) >= 11 is 0. The number of aliphatic imine (C=N–C) groups is 1. The van der Waals surface area contributed by atoms with Crippen LogP contribution >= 0.6 is 0 Å². The molecule has 0 aliphatic heterocycles. The summed E-state index contributed by atoms with van der Waals surface area (Å²) in [7, 11) is 1.49. The molecule has 0 rings (SSSR count). The fourth-order valence-electron chi connectivity index (χ4n) is 0.354. The third kappa shape index (κ3) is 3.46. The second-order valence-electron chi connectivity index (χ2n) is 1.53. The van der Waals surface area contributed by atoms with E-state index in [2.05, 4.69) is 11.7 Å². The largest absolute Gasteiger partial charge is 0.481 e. The molecular formula is C6H10N2O. The van der Waals surface area contributed by atoms with E-state index in [1.165, 1.54) is 13.2 Å². The Morgan fingerprint density at radius 1 is 1.78 bits per heavy atom. The van der Waals surface area contributed by atoms with Crippen molar-refractivity contribution in [2.24, 2.45) is 4.99 Å². The van der Waals surface area contributed by atoms with Crippen LogP contribution in [-0.2, 0) is 4.74 Å². The standard InChI is InChI=1S/C6H10N2O/c1-5(7)4-6(8-2)9-3/h4,7H,2H2,1,3H3/b6-4+,7-5?. The van der Waals surface area contributed by atoms with Gasteiger partial charge in [0.2, 0.25) is 5.88 Å². The lowest BCUT2D eigenvalue weighted by Gasteiger charge is -1.95. The average Bonchev–Trinajstić information content (AvgIpc) is 1.82. The number of methoxy groups -OCH3 is 1. The van der Waals surface area contributed by atoms with Gasteiger partial charge in [0.05, 0.1) is 7.11 Å². The van der Waals surface area contributed by atoms with E-state index in [1.54, 1.807) is 6.92 Å². The minimum absolute atomic E-state index is 0.377. The second-order valence-corrected chi connectivity index (χ2v) is 1.53. The van der Waals surface area contributed by atoms with Gasteiger partial charge in [-0.05, 0) is 13.6 Å². The van der Waals surface area contributed by atoms with E-state index in [1.807, 2.05) is 0 Å². The molecule has 0 unspecified atom stereocenters. The van der Waals surface area contributed by atoms with Crippen LogP contribution in [0.3, 0.4) is 0 Å². The predicted octanol–water partition coefficient (Wildman–Crippen LogP) is 1.21. The van der Waals surface area contributed by atoms with E-state index >= 15 is 0 Å². The zero-order valence-corrected chi connectivity index (χ0v) is 5.64. The van der Waals surface area contributed by atoms with Crippen molar-refractivity contribution < 1.29 is 4.74 Å². The van der Waals surface area contributed by atoms with E-state index in [-0.39, 0.29) is 0 Å². The molecule has 0 radical (unpaired) electrons. The van der Waals surface area contributed by atoms with Crippen molar-refractivity contribution in [2.75, 3.05) is 7.11 Å². The van der Waals surface area contributed by atoms with Crippen molar-refractivity contribution >= 4 is 12.4 Å². The highest BCUT2D eigenvalue weighted by Gasteiger charge is 1.87. The summed E-state index contributed by atoms with van der Waals surface area (Å²) in [4.78, 5) is 3.49. The van der Waals surface area contributed by atoms with Crippen LogP contribution < -0.4 is 0 Å². The molecule has 0 amide bonds. The molecule has 0 fully saturated rings. The molecule has 1 N–H and O–H groups in total. The zero-order valence-electron chi connectivity index (χ0n) is 5.64. The summed E-state index contributed by atoms with van der Waals surface area (Å²) in [5.41, 5.74) is 0.402. The molecule has 3 nitrogen and oxygen atoms in total. The van der Waals surface area contributed by atoms with Gasteiger partial charge in [-0.3, -0.25) is 0 Å². The highest BCUT2D eigenvalue weighted by Crippen LogP contribution is 1.94. The Labute approximate surface area is 54.6 Å². The van der Waals surface area contributed by atoms with Gasteiger partial charge in [-0.15, -0.1) is 0 Å². The van der Waals surface area contributed by atoms with Crippen molar-refractivity contribution in [3.8, 4) is 0 Å². The highest BCUT2D eigenvalue weighted by atomic mass is 16.5. The van der Waals surface area contributed by atoms with Crippen LogP contribution in [0.4, 0.5) is 0 Å². The smallest absolute Gasteiger partial charge is 0.214 e. The third-order valence-electron chi connectivity index (χ3n) is 0.705. The summed E-state index contributed by atoms with van der Waals surface area (Å²) in [5.74, 6) is 0.377. The summed E-state index contributed by atoms with van der Waals surface area (Å²) in [6.07, 6.45) is 1.49. The third-order valence-corrected chi connectivity index (χ3v) is 0.705. The van der Waals surface area contributed by atoms with Gasteiger partial charge < -0.3 is 10.1 Å². The molecule has 0 saturated heterocycles. The van der Waals surface area contributed by atoms with Gasteiger partial charge in [-0.2, -0.15) is 0 Å². The van der Waals surface area contributed by atoms with Crippen LogP contribution in [0.25, 0.3) is 0 Å². The van der Waals surface area contributed by atoms with Gasteiger partial charge in [-0.25, -0.2) is 4.99 Å². The molecule has 9 heavy (non-hydrogen) atoms. The van der Waals surface area contributed by atoms with Crippen molar-refractivity contribution in [3.05, 3.63) is 12.0 Å². The lowest BCUT2D eigenvalue weighted by Crippen LogP contribution is -1.86. The molecule has 50 valence electrons. The first kappa shape index (κ1) is 7.88. The van der Waals surface area contributed by atoms with Crippen LogP contribution in [0, 0.1) is 5.41 Å². The highest BCUT2D eigenvalue weighted by molar-refractivity contribution is 5.90. The van der Waals surface area contributed by atoms with Crippen molar-refractivity contribution in [1.29, 1.82) is 5.41 Å². The van der Waals surface area contributed by atoms with Crippen molar-refractivity contribution in [2.45, 2.75) is 6.92 Å². The lowest BCUT2D eigenvalue weighted by molar-refractivity contribution is 0.290. The molecule has 3 heteroatoms. The monoisotopic (exact) mass is 126 g/mol. The van der Waals surface area contributed by atoms with E-state index in [9.17, 15) is 0 Å². The van der Waals surface area contributed by atoms with E-state index < -0.39 is 0 Å². The molecule has 0 spiro atoms. The Morgan fingerprint density at radius 2 is 2.33 bits per heavy atom. The van der Waals surface area contributed by atoms with Gasteiger partial charge in [0, 0.05) is 11.8 Å². The van der Waals surface area contributed by atoms with Crippen molar-refractivity contribution in [3.63, 3.8) is 0 Å². The minimum Gasteiger partial charge on any atom is -0.481 e. The van der Waals surface area contributed by atoms with Gasteiger partial charge in [0.1, 0.15) is 0 Å². The fraction of sp³-hybridized carbons (Fsp3) is 0.333. The minimum atomic E-state index is 0.377. The van der Waals surface area contributed by atoms with Crippen LogP contribution in [0.5, 0.6) is 0 Å². The molecule has 0 aromatic rings. The molecule has 0 aromatic heterocycles. The SMILES string of the molecule is C=N/C(=C\C(C)=N)OC. The maximum Gasteiger partial charge on any atom is 0.214 e. The Hall–Kier alpha value is -1.12. The van der Waals surface area contributed by atoms with Gasteiger partial charge in [0.25, 0.3) is 0 Å². The molecule has 0 aliphatic rings. The average molecular weight is 126 g/mol. The van der Waals surface area contributed by atoms with E-state index in [0.29, 0.717) is 11.6 Å². The summed E-state index contributed by atoms with van der Waals surface area (Å²) in [6.45, 7) is 4.89. The maximum atomic E-state index is 6.99. The number of nitrogens with zero attached hydrogens (tertiary/aromatic N) is 1. The van der Waals surface area contributed by atoms with Crippen LogP contribution in [0.15, 0.2) is 17.0 Å². The zero-order chi connectivity index (χ0) is 7.28. The van der Waals surface area contributed by atoms with Crippen molar-refractivity contribution in [1.82, 2.24) is 0 Å². The first-order chi connectivity index (χ1) is 4.20. The number of allylic oxidation sites excluding steroid dienone is 1. The van der Waals surface area contributed by atoms with E-state index in [4.69, 9.17) is 10.1 Å². The van der Waals surface area contributed by atoms with Crippen LogP contribution in [0.2, 0.25) is 0 Å². The number of hydrogen-bond acceptors (Lipinski definition) is 3. The van der Waals surface area contributed by atoms with Gasteiger partial charge >= 0.3 is 0 Å². The van der Waals surface area contributed by atoms with Gasteiger partial charge in [0.15, 0.2) is 0 Å². The summed E-state index contributed by atoms with van der Waals surface area (Å²) in [5, 5.41) is 6.99. The molecule has 0 bridgehead atoms. The maximum absolute atomic E-state index is 6.99. The normalized spacial score (nSPS) is 10.7. The summed E-state index contributed by atoms with van der Waals surface area (Å²) in [6, 6.07) is 0. The number of ether oxygens (including phenoxy) is 1. The Bertz CT molecular complexity index is 149. The second kappa shape index (κ2) is 3.83. The molecule has 0 saturated carbocycles. The molecular weight excluding hydrogens is 116 g/mol. The lowest BCUT2D eigenvalue weighted by atomic mass is 10.4. The Kier molecular flexibility index (Phi) is 3.35. The van der Waals surface area contributed by atoms with E-state index in [0.717, 1.165) is 0 Å². The number of rotatable bonds is 3. The van der Waals surface area contributed by atoms with Gasteiger partial charge in [-0.1, -0.05) is 0 Å². The van der Waals surface area contributed by atoms with Crippen LogP contribution in [-0.4, -0.2) is 19.5 Å². The quantitative estimate of drug-likeness (QED) is 0.448. The predicted molar refractivity (Wildman–Crippen MR) is 38.0 cm³/mol. The first-order valence-electron chi connectivity index (χ1n) is 2.48. The first-order valence-corrected chi connectivity index (χ1v) is 2.48.